The Kier molecular flexibility index (Phi) is 6.37. The molecule has 7 nitrogen and oxygen atoms in total. The van der Waals surface area contributed by atoms with Crippen LogP contribution in [0.1, 0.15) is 39.9 Å². The van der Waals surface area contributed by atoms with E-state index in [1.54, 1.807) is 25.3 Å². The topological polar surface area (TPSA) is 86.4 Å². The molecule has 0 saturated heterocycles. The van der Waals surface area contributed by atoms with Crippen LogP contribution in [0.25, 0.3) is 10.9 Å². The molecule has 1 N–H and O–H groups in total. The van der Waals surface area contributed by atoms with Crippen LogP contribution in [0.5, 0.6) is 5.75 Å². The number of aryl methyl sites for hydroxylation is 3. The SMILES string of the molecule is CCOC(=O)c1c(CS(=O)c2ccc(C)cc2)n(C)c2ccc(O)c(Cn3ccnc3C)c12. The first kappa shape index (κ1) is 22.8. The van der Waals surface area contributed by atoms with Gasteiger partial charge in [0.1, 0.15) is 11.6 Å². The molecule has 0 spiro atoms. The maximum absolute atomic E-state index is 13.2. The van der Waals surface area contributed by atoms with Crippen molar-refractivity contribution in [1.29, 1.82) is 0 Å². The van der Waals surface area contributed by atoms with Crippen molar-refractivity contribution in [2.45, 2.75) is 38.0 Å². The average Bonchev–Trinajstić information content (AvgIpc) is 3.31. The van der Waals surface area contributed by atoms with E-state index in [9.17, 15) is 14.1 Å². The Hall–Kier alpha value is -3.39. The molecule has 4 aromatic rings. The van der Waals surface area contributed by atoms with Crippen molar-refractivity contribution in [2.75, 3.05) is 6.61 Å². The molecule has 0 aliphatic heterocycles. The smallest absolute Gasteiger partial charge is 0.340 e. The van der Waals surface area contributed by atoms with Gasteiger partial charge in [0, 0.05) is 46.5 Å². The average molecular weight is 466 g/mol. The van der Waals surface area contributed by atoms with Gasteiger partial charge in [-0.1, -0.05) is 17.7 Å². The second-order valence-corrected chi connectivity index (χ2v) is 9.41. The summed E-state index contributed by atoms with van der Waals surface area (Å²) in [7, 11) is 0.479. The van der Waals surface area contributed by atoms with Gasteiger partial charge in [-0.3, -0.25) is 4.21 Å². The van der Waals surface area contributed by atoms with Gasteiger partial charge in [-0.2, -0.15) is 0 Å². The molecule has 0 saturated carbocycles. The molecule has 0 bridgehead atoms. The number of carbonyl (C=O) groups excluding carboxylic acids is 1. The van der Waals surface area contributed by atoms with E-state index in [0.29, 0.717) is 33.6 Å². The largest absolute Gasteiger partial charge is 0.508 e. The minimum atomic E-state index is -1.36. The zero-order valence-corrected chi connectivity index (χ0v) is 20.0. The number of fused-ring (bicyclic) bond motifs is 1. The monoisotopic (exact) mass is 465 g/mol. The van der Waals surface area contributed by atoms with Gasteiger partial charge in [0.15, 0.2) is 0 Å². The van der Waals surface area contributed by atoms with Crippen LogP contribution >= 0.6 is 0 Å². The first-order valence-corrected chi connectivity index (χ1v) is 12.1. The maximum atomic E-state index is 13.2. The van der Waals surface area contributed by atoms with E-state index in [0.717, 1.165) is 16.9 Å². The summed E-state index contributed by atoms with van der Waals surface area (Å²) in [5, 5.41) is 11.4. The first-order valence-electron chi connectivity index (χ1n) is 10.7. The Morgan fingerprint density at radius 1 is 1.15 bits per heavy atom. The van der Waals surface area contributed by atoms with Crippen LogP contribution in [0.3, 0.4) is 0 Å². The normalized spacial score (nSPS) is 12.2. The molecule has 33 heavy (non-hydrogen) atoms. The molecule has 2 heterocycles. The fourth-order valence-electron chi connectivity index (χ4n) is 4.03. The van der Waals surface area contributed by atoms with Gasteiger partial charge < -0.3 is 19.0 Å². The molecule has 1 atom stereocenters. The minimum absolute atomic E-state index is 0.0814. The predicted octanol–water partition coefficient (Wildman–Crippen LogP) is 4.23. The third-order valence-electron chi connectivity index (χ3n) is 5.85. The van der Waals surface area contributed by atoms with E-state index in [2.05, 4.69) is 4.98 Å². The number of carbonyl (C=O) groups is 1. The second kappa shape index (κ2) is 9.23. The minimum Gasteiger partial charge on any atom is -0.508 e. The fourth-order valence-corrected chi connectivity index (χ4v) is 5.22. The fraction of sp³-hybridized carbons (Fsp3) is 0.280. The zero-order chi connectivity index (χ0) is 23.7. The lowest BCUT2D eigenvalue weighted by Crippen LogP contribution is -2.11. The summed E-state index contributed by atoms with van der Waals surface area (Å²) in [5.74, 6) is 0.527. The maximum Gasteiger partial charge on any atom is 0.340 e. The number of rotatable bonds is 7. The van der Waals surface area contributed by atoms with Gasteiger partial charge in [0.25, 0.3) is 0 Å². The Bertz CT molecular complexity index is 1350. The lowest BCUT2D eigenvalue weighted by Gasteiger charge is -2.11. The molecule has 0 amide bonds. The van der Waals surface area contributed by atoms with E-state index < -0.39 is 16.8 Å². The molecule has 0 aliphatic rings. The van der Waals surface area contributed by atoms with Crippen molar-refractivity contribution >= 4 is 27.7 Å². The van der Waals surface area contributed by atoms with Crippen molar-refractivity contribution in [1.82, 2.24) is 14.1 Å². The third-order valence-corrected chi connectivity index (χ3v) is 7.19. The number of esters is 1. The summed E-state index contributed by atoms with van der Waals surface area (Å²) < 4.78 is 22.4. The lowest BCUT2D eigenvalue weighted by atomic mass is 10.0. The molecule has 8 heteroatoms. The molecular formula is C25H27N3O4S. The van der Waals surface area contributed by atoms with Crippen LogP contribution in [0.4, 0.5) is 0 Å². The van der Waals surface area contributed by atoms with Crippen LogP contribution in [-0.4, -0.2) is 36.0 Å². The molecule has 2 aromatic heterocycles. The molecule has 0 aliphatic carbocycles. The zero-order valence-electron chi connectivity index (χ0n) is 19.2. The van der Waals surface area contributed by atoms with E-state index in [1.807, 2.05) is 60.5 Å². The number of aromatic nitrogens is 3. The van der Waals surface area contributed by atoms with Gasteiger partial charge in [-0.05, 0) is 45.0 Å². The van der Waals surface area contributed by atoms with Crippen LogP contribution < -0.4 is 0 Å². The van der Waals surface area contributed by atoms with E-state index in [-0.39, 0.29) is 18.1 Å². The van der Waals surface area contributed by atoms with E-state index in [4.69, 9.17) is 4.74 Å². The number of hydrogen-bond donors (Lipinski definition) is 1. The van der Waals surface area contributed by atoms with Crippen LogP contribution in [-0.2, 0) is 34.9 Å². The van der Waals surface area contributed by atoms with Gasteiger partial charge in [-0.15, -0.1) is 0 Å². The standard InChI is InChI=1S/C25H27N3O4S/c1-5-32-25(30)24-21(15-33(31)18-8-6-16(2)7-9-18)27(4)20-10-11-22(29)19(23(20)24)14-28-13-12-26-17(28)3/h6-13,29H,5,14-15H2,1-4H3. The summed E-state index contributed by atoms with van der Waals surface area (Å²) in [4.78, 5) is 18.1. The first-order chi connectivity index (χ1) is 15.8. The van der Waals surface area contributed by atoms with Gasteiger partial charge in [0.05, 0.1) is 35.3 Å². The van der Waals surface area contributed by atoms with Crippen molar-refractivity contribution in [2.24, 2.45) is 7.05 Å². The van der Waals surface area contributed by atoms with Crippen LogP contribution in [0.15, 0.2) is 53.7 Å². The lowest BCUT2D eigenvalue weighted by molar-refractivity contribution is 0.0527. The summed E-state index contributed by atoms with van der Waals surface area (Å²) in [6.45, 7) is 6.16. The number of hydrogen-bond acceptors (Lipinski definition) is 5. The Morgan fingerprint density at radius 3 is 2.52 bits per heavy atom. The molecular weight excluding hydrogens is 438 g/mol. The molecule has 2 aromatic carbocycles. The van der Waals surface area contributed by atoms with Crippen molar-refractivity contribution in [3.05, 3.63) is 77.0 Å². The van der Waals surface area contributed by atoms with Crippen LogP contribution in [0, 0.1) is 13.8 Å². The summed E-state index contributed by atoms with van der Waals surface area (Å²) in [6, 6.07) is 10.9. The molecule has 4 rings (SSSR count). The third kappa shape index (κ3) is 4.30. The summed E-state index contributed by atoms with van der Waals surface area (Å²) in [5.41, 5.74) is 3.40. The highest BCUT2D eigenvalue weighted by atomic mass is 32.2. The predicted molar refractivity (Wildman–Crippen MR) is 128 cm³/mol. The molecule has 172 valence electrons. The Balaban J connectivity index is 1.90. The summed E-state index contributed by atoms with van der Waals surface area (Å²) in [6.07, 6.45) is 3.52. The number of benzene rings is 2. The summed E-state index contributed by atoms with van der Waals surface area (Å²) >= 11 is 0. The Morgan fingerprint density at radius 2 is 1.88 bits per heavy atom. The number of phenols is 1. The molecule has 1 unspecified atom stereocenters. The van der Waals surface area contributed by atoms with Gasteiger partial charge >= 0.3 is 5.97 Å². The van der Waals surface area contributed by atoms with Crippen molar-refractivity contribution in [3.63, 3.8) is 0 Å². The number of imidazole rings is 1. The van der Waals surface area contributed by atoms with Crippen LogP contribution in [0.2, 0.25) is 0 Å². The highest BCUT2D eigenvalue weighted by Crippen LogP contribution is 2.36. The van der Waals surface area contributed by atoms with E-state index >= 15 is 0 Å². The number of ether oxygens (including phenoxy) is 1. The quantitative estimate of drug-likeness (QED) is 0.413. The van der Waals surface area contributed by atoms with Crippen molar-refractivity contribution in [3.8, 4) is 5.75 Å². The highest BCUT2D eigenvalue weighted by molar-refractivity contribution is 7.84. The molecule has 0 fully saturated rings. The molecule has 0 radical (unpaired) electrons. The Labute approximate surface area is 195 Å². The van der Waals surface area contributed by atoms with Gasteiger partial charge in [-0.25, -0.2) is 9.78 Å². The number of phenolic OH excluding ortho intramolecular Hbond substituents is 1. The van der Waals surface area contributed by atoms with Gasteiger partial charge in [0.2, 0.25) is 0 Å². The number of aromatic hydroxyl groups is 1. The second-order valence-electron chi connectivity index (χ2n) is 7.96. The number of nitrogens with zero attached hydrogens (tertiary/aromatic N) is 3. The highest BCUT2D eigenvalue weighted by Gasteiger charge is 2.27. The van der Waals surface area contributed by atoms with E-state index in [1.165, 1.54) is 0 Å². The van der Waals surface area contributed by atoms with Crippen molar-refractivity contribution < 1.29 is 18.8 Å².